The lowest BCUT2D eigenvalue weighted by molar-refractivity contribution is -0.217. The van der Waals surface area contributed by atoms with E-state index in [-0.39, 0.29) is 24.3 Å². The van der Waals surface area contributed by atoms with Crippen molar-refractivity contribution in [2.24, 2.45) is 0 Å². The summed E-state index contributed by atoms with van der Waals surface area (Å²) in [5, 5.41) is 19.3. The predicted octanol–water partition coefficient (Wildman–Crippen LogP) is 5.51. The van der Waals surface area contributed by atoms with Gasteiger partial charge in [-0.2, -0.15) is 0 Å². The summed E-state index contributed by atoms with van der Waals surface area (Å²) in [5.74, 6) is -3.41. The normalized spacial score (nSPS) is 29.0. The summed E-state index contributed by atoms with van der Waals surface area (Å²) in [6, 6.07) is 4.24. The lowest BCUT2D eigenvalue weighted by Gasteiger charge is -2.40. The van der Waals surface area contributed by atoms with Crippen LogP contribution in [-0.2, 0) is 33.3 Å². The maximum Gasteiger partial charge on any atom is 0.341 e. The molecule has 39 heavy (non-hydrogen) atoms. The summed E-state index contributed by atoms with van der Waals surface area (Å²) in [7, 11) is 0. The molecule has 2 saturated heterocycles. The monoisotopic (exact) mass is 546 g/mol. The molecule has 2 N–H and O–H groups in total. The number of hydrogen-bond acceptors (Lipinski definition) is 9. The first-order valence-electron chi connectivity index (χ1n) is 14.3. The number of cyclic esters (lactones) is 1. The number of phenols is 2. The molecule has 3 fully saturated rings. The number of ether oxygens (including phenoxy) is 5. The lowest BCUT2D eigenvalue weighted by Crippen LogP contribution is -2.55. The van der Waals surface area contributed by atoms with Gasteiger partial charge in [-0.25, -0.2) is 9.59 Å². The number of fused-ring (bicyclic) bond motifs is 1. The minimum absolute atomic E-state index is 0.111. The van der Waals surface area contributed by atoms with Crippen LogP contribution in [0.4, 0.5) is 0 Å². The van der Waals surface area contributed by atoms with Crippen molar-refractivity contribution in [3.8, 4) is 11.5 Å². The molecule has 4 rings (SSSR count). The largest absolute Gasteiger partial charge is 0.504 e. The van der Waals surface area contributed by atoms with Gasteiger partial charge in [0.2, 0.25) is 5.79 Å². The highest BCUT2D eigenvalue weighted by Gasteiger charge is 2.66. The van der Waals surface area contributed by atoms with Crippen LogP contribution < -0.4 is 0 Å². The average molecular weight is 547 g/mol. The second-order valence-corrected chi connectivity index (χ2v) is 11.0. The van der Waals surface area contributed by atoms with E-state index in [9.17, 15) is 19.8 Å². The zero-order chi connectivity index (χ0) is 28.3. The van der Waals surface area contributed by atoms with Crippen LogP contribution in [0.1, 0.15) is 97.5 Å². The Kier molecular flexibility index (Phi) is 8.93. The van der Waals surface area contributed by atoms with E-state index in [0.717, 1.165) is 25.7 Å². The number of phenolic OH excluding ortho intramolecular Hbond substituents is 2. The minimum atomic E-state index is -1.29. The first-order chi connectivity index (χ1) is 18.6. The molecule has 0 bridgehead atoms. The summed E-state index contributed by atoms with van der Waals surface area (Å²) in [4.78, 5) is 26.5. The van der Waals surface area contributed by atoms with Gasteiger partial charge in [0.1, 0.15) is 12.2 Å². The molecule has 1 aromatic rings. The van der Waals surface area contributed by atoms with E-state index in [0.29, 0.717) is 31.2 Å². The van der Waals surface area contributed by atoms with Gasteiger partial charge < -0.3 is 33.9 Å². The van der Waals surface area contributed by atoms with Crippen molar-refractivity contribution >= 4 is 18.0 Å². The van der Waals surface area contributed by atoms with Crippen molar-refractivity contribution < 1.29 is 43.5 Å². The van der Waals surface area contributed by atoms with Crippen molar-refractivity contribution in [3.63, 3.8) is 0 Å². The van der Waals surface area contributed by atoms with E-state index in [1.54, 1.807) is 6.07 Å². The Morgan fingerprint density at radius 1 is 0.949 bits per heavy atom. The smallest absolute Gasteiger partial charge is 0.341 e. The van der Waals surface area contributed by atoms with Crippen LogP contribution in [0.2, 0.25) is 0 Å². The predicted molar refractivity (Wildman–Crippen MR) is 143 cm³/mol. The number of carbonyl (C=O) groups excluding carboxylic acids is 2. The third-order valence-corrected chi connectivity index (χ3v) is 7.75. The summed E-state index contributed by atoms with van der Waals surface area (Å²) in [6.07, 6.45) is 7.11. The summed E-state index contributed by atoms with van der Waals surface area (Å²) in [5.41, 5.74) is -0.780. The maximum absolute atomic E-state index is 13.5. The van der Waals surface area contributed by atoms with Gasteiger partial charge in [0.25, 0.3) is 0 Å². The van der Waals surface area contributed by atoms with Crippen molar-refractivity contribution in [3.05, 3.63) is 29.8 Å². The second kappa shape index (κ2) is 11.9. The van der Waals surface area contributed by atoms with Crippen molar-refractivity contribution in [2.45, 2.75) is 127 Å². The topological polar surface area (TPSA) is 121 Å². The van der Waals surface area contributed by atoms with E-state index >= 15 is 0 Å². The average Bonchev–Trinajstić information content (AvgIpc) is 3.35. The standard InChI is InChI=1S/C30H42O9/c1-5-13-29(14-6-2)36-24-19-28(27(34)38-30(39-28,15-7-3)16-8-4)18-23(26(24)37-29)35-25(33)12-10-20-9-11-21(31)22(32)17-20/h9-12,17,23-24,26,31-32H,5-8,13-16,18-19H2,1-4H3/b12-10+/t23-,24-,26+,28-/m1/s1. The van der Waals surface area contributed by atoms with Gasteiger partial charge in [-0.1, -0.05) is 46.6 Å². The summed E-state index contributed by atoms with van der Waals surface area (Å²) in [6.45, 7) is 8.19. The van der Waals surface area contributed by atoms with Crippen LogP contribution in [-0.4, -0.2) is 57.6 Å². The van der Waals surface area contributed by atoms with Gasteiger partial charge in [-0.15, -0.1) is 0 Å². The van der Waals surface area contributed by atoms with Gasteiger partial charge in [-0.05, 0) is 36.6 Å². The third kappa shape index (κ3) is 6.10. The molecule has 1 spiro atoms. The molecular formula is C30H42O9. The SMILES string of the molecule is CCCC1(CCC)O[C@H]2[C@H](OC(=O)/C=C/c3ccc(O)c(O)c3)C[C@]3(C[C@H]2O1)OC(CCC)(CCC)OC3=O. The Balaban J connectivity index is 1.61. The first kappa shape index (κ1) is 29.4. The lowest BCUT2D eigenvalue weighted by atomic mass is 9.79. The first-order valence-corrected chi connectivity index (χ1v) is 14.3. The Bertz CT molecular complexity index is 1050. The highest BCUT2D eigenvalue weighted by atomic mass is 16.8. The number of benzene rings is 1. The molecule has 0 amide bonds. The van der Waals surface area contributed by atoms with E-state index < -0.39 is 47.4 Å². The molecule has 1 aliphatic carbocycles. The molecule has 9 nitrogen and oxygen atoms in total. The van der Waals surface area contributed by atoms with Crippen LogP contribution in [0.15, 0.2) is 24.3 Å². The fourth-order valence-corrected chi connectivity index (χ4v) is 6.27. The molecule has 3 aliphatic rings. The number of esters is 2. The van der Waals surface area contributed by atoms with Crippen molar-refractivity contribution in [1.29, 1.82) is 0 Å². The Hall–Kier alpha value is -2.62. The van der Waals surface area contributed by atoms with Gasteiger partial charge in [-0.3, -0.25) is 0 Å². The maximum atomic E-state index is 13.5. The molecule has 1 saturated carbocycles. The molecule has 0 aromatic heterocycles. The second-order valence-electron chi connectivity index (χ2n) is 11.0. The summed E-state index contributed by atoms with van der Waals surface area (Å²) < 4.78 is 31.5. The van der Waals surface area contributed by atoms with Crippen LogP contribution in [0.25, 0.3) is 6.08 Å². The van der Waals surface area contributed by atoms with Gasteiger partial charge in [0.15, 0.2) is 22.9 Å². The Labute approximate surface area is 230 Å². The van der Waals surface area contributed by atoms with E-state index in [4.69, 9.17) is 23.7 Å². The van der Waals surface area contributed by atoms with Crippen LogP contribution in [0.3, 0.4) is 0 Å². The summed E-state index contributed by atoms with van der Waals surface area (Å²) >= 11 is 0. The fourth-order valence-electron chi connectivity index (χ4n) is 6.27. The molecule has 1 aromatic carbocycles. The number of rotatable bonds is 11. The van der Waals surface area contributed by atoms with E-state index in [1.165, 1.54) is 24.3 Å². The molecule has 4 atom stereocenters. The van der Waals surface area contributed by atoms with Crippen molar-refractivity contribution in [2.75, 3.05) is 0 Å². The van der Waals surface area contributed by atoms with E-state index in [2.05, 4.69) is 13.8 Å². The highest BCUT2D eigenvalue weighted by molar-refractivity contribution is 5.87. The molecule has 2 aliphatic heterocycles. The van der Waals surface area contributed by atoms with Crippen molar-refractivity contribution in [1.82, 2.24) is 0 Å². The van der Waals surface area contributed by atoms with Crippen LogP contribution >= 0.6 is 0 Å². The highest BCUT2D eigenvalue weighted by Crippen LogP contribution is 2.52. The van der Waals surface area contributed by atoms with Gasteiger partial charge >= 0.3 is 11.9 Å². The third-order valence-electron chi connectivity index (χ3n) is 7.75. The zero-order valence-electron chi connectivity index (χ0n) is 23.4. The minimum Gasteiger partial charge on any atom is -0.504 e. The number of carbonyl (C=O) groups is 2. The van der Waals surface area contributed by atoms with Crippen LogP contribution in [0, 0.1) is 0 Å². The molecule has 2 heterocycles. The number of aromatic hydroxyl groups is 2. The molecule has 0 unspecified atom stereocenters. The molecular weight excluding hydrogens is 504 g/mol. The Morgan fingerprint density at radius 3 is 2.21 bits per heavy atom. The quantitative estimate of drug-likeness (QED) is 0.210. The zero-order valence-corrected chi connectivity index (χ0v) is 23.4. The van der Waals surface area contributed by atoms with E-state index in [1.807, 2.05) is 13.8 Å². The van der Waals surface area contributed by atoms with Gasteiger partial charge in [0.05, 0.1) is 6.10 Å². The molecule has 9 heteroatoms. The Morgan fingerprint density at radius 2 is 1.59 bits per heavy atom. The number of hydrogen-bond donors (Lipinski definition) is 2. The molecule has 0 radical (unpaired) electrons. The fraction of sp³-hybridized carbons (Fsp3) is 0.667. The van der Waals surface area contributed by atoms with Crippen LogP contribution in [0.5, 0.6) is 11.5 Å². The molecule has 216 valence electrons. The van der Waals surface area contributed by atoms with Gasteiger partial charge in [0, 0.05) is 44.6 Å².